The topological polar surface area (TPSA) is 72.8 Å². The number of carbonyl (C=O) groups excluding carboxylic acids is 1. The van der Waals surface area contributed by atoms with Crippen molar-refractivity contribution in [3.8, 4) is 0 Å². The summed E-state index contributed by atoms with van der Waals surface area (Å²) < 4.78 is 32.4. The Kier molecular flexibility index (Phi) is 4.26. The molecule has 0 heterocycles. The van der Waals surface area contributed by atoms with Gasteiger partial charge in [0.1, 0.15) is 6.42 Å². The number of alkyl halides is 2. The number of rotatable bonds is 5. The van der Waals surface area contributed by atoms with Gasteiger partial charge >= 0.3 is 18.0 Å². The Labute approximate surface area is 72.2 Å². The van der Waals surface area contributed by atoms with E-state index in [1.165, 1.54) is 0 Å². The molecule has 76 valence electrons. The molecule has 0 aromatic heterocycles. The van der Waals surface area contributed by atoms with Crippen molar-refractivity contribution in [1.82, 2.24) is 0 Å². The van der Waals surface area contributed by atoms with Gasteiger partial charge in [-0.3, -0.25) is 4.79 Å². The van der Waals surface area contributed by atoms with Gasteiger partial charge in [0.25, 0.3) is 0 Å². The zero-order valence-corrected chi connectivity index (χ0v) is 6.75. The first kappa shape index (κ1) is 11.8. The molecule has 0 aliphatic rings. The summed E-state index contributed by atoms with van der Waals surface area (Å²) in [4.78, 5) is 20.2. The number of carboxylic acids is 1. The van der Waals surface area contributed by atoms with E-state index in [0.29, 0.717) is 0 Å². The first-order valence-corrected chi connectivity index (χ1v) is 3.18. The van der Waals surface area contributed by atoms with Crippen LogP contribution >= 0.6 is 0 Å². The molecule has 0 aliphatic heterocycles. The molecule has 0 fully saturated rings. The molecular formula is C6H8F2O5. The molecule has 0 bridgehead atoms. The SMILES string of the molecule is COC(=O)COC(F)(F)CC(=O)O. The van der Waals surface area contributed by atoms with Gasteiger partial charge in [0.2, 0.25) is 0 Å². The Balaban J connectivity index is 3.88. The number of halogens is 2. The zero-order valence-electron chi connectivity index (χ0n) is 6.75. The van der Waals surface area contributed by atoms with Crippen LogP contribution in [-0.2, 0) is 19.1 Å². The first-order chi connectivity index (χ1) is 5.87. The van der Waals surface area contributed by atoms with Crippen LogP contribution in [0.2, 0.25) is 0 Å². The minimum atomic E-state index is -3.85. The summed E-state index contributed by atoms with van der Waals surface area (Å²) >= 11 is 0. The molecule has 0 rings (SSSR count). The van der Waals surface area contributed by atoms with E-state index >= 15 is 0 Å². The van der Waals surface area contributed by atoms with Gasteiger partial charge in [-0.25, -0.2) is 4.79 Å². The van der Waals surface area contributed by atoms with Crippen LogP contribution < -0.4 is 0 Å². The second-order valence-electron chi connectivity index (χ2n) is 2.07. The lowest BCUT2D eigenvalue weighted by atomic mass is 10.4. The molecule has 1 N–H and O–H groups in total. The minimum absolute atomic E-state index is 0.975. The molecule has 0 atom stereocenters. The normalized spacial score (nSPS) is 11.0. The lowest BCUT2D eigenvalue weighted by molar-refractivity contribution is -0.244. The summed E-state index contributed by atoms with van der Waals surface area (Å²) in [5.41, 5.74) is 0. The maximum Gasteiger partial charge on any atom is 0.366 e. The molecule has 0 aromatic rings. The Morgan fingerprint density at radius 2 is 2.00 bits per heavy atom. The van der Waals surface area contributed by atoms with Crippen molar-refractivity contribution < 1.29 is 33.0 Å². The summed E-state index contributed by atoms with van der Waals surface area (Å²) in [5, 5.41) is 8.00. The van der Waals surface area contributed by atoms with E-state index in [4.69, 9.17) is 5.11 Å². The van der Waals surface area contributed by atoms with Crippen molar-refractivity contribution in [1.29, 1.82) is 0 Å². The van der Waals surface area contributed by atoms with Crippen LogP contribution in [0.25, 0.3) is 0 Å². The number of hydrogen-bond donors (Lipinski definition) is 1. The number of aliphatic carboxylic acids is 1. The van der Waals surface area contributed by atoms with Crippen LogP contribution in [-0.4, -0.2) is 36.9 Å². The molecule has 0 unspecified atom stereocenters. The summed E-state index contributed by atoms with van der Waals surface area (Å²) in [6, 6.07) is 0. The minimum Gasteiger partial charge on any atom is -0.481 e. The molecule has 0 amide bonds. The standard InChI is InChI=1S/C6H8F2O5/c1-12-5(11)3-13-6(7,8)2-4(9)10/h2-3H2,1H3,(H,9,10). The van der Waals surface area contributed by atoms with Crippen molar-refractivity contribution in [2.75, 3.05) is 13.7 Å². The molecule has 0 aliphatic carbocycles. The number of esters is 1. The molecule has 0 aromatic carbocycles. The van der Waals surface area contributed by atoms with Crippen molar-refractivity contribution in [3.05, 3.63) is 0 Å². The van der Waals surface area contributed by atoms with E-state index in [1.54, 1.807) is 0 Å². The van der Waals surface area contributed by atoms with Gasteiger partial charge in [-0.15, -0.1) is 0 Å². The monoisotopic (exact) mass is 198 g/mol. The fourth-order valence-electron chi connectivity index (χ4n) is 0.451. The number of methoxy groups -OCH3 is 1. The molecule has 7 heteroatoms. The first-order valence-electron chi connectivity index (χ1n) is 3.18. The van der Waals surface area contributed by atoms with E-state index in [9.17, 15) is 18.4 Å². The third-order valence-electron chi connectivity index (χ3n) is 0.986. The fourth-order valence-corrected chi connectivity index (χ4v) is 0.451. The van der Waals surface area contributed by atoms with Crippen LogP contribution in [0.5, 0.6) is 0 Å². The Hall–Kier alpha value is -1.24. The van der Waals surface area contributed by atoms with E-state index in [1.807, 2.05) is 0 Å². The lowest BCUT2D eigenvalue weighted by Gasteiger charge is -2.13. The van der Waals surface area contributed by atoms with Gasteiger partial charge in [0.15, 0.2) is 6.61 Å². The lowest BCUT2D eigenvalue weighted by Crippen LogP contribution is -2.28. The van der Waals surface area contributed by atoms with Crippen LogP contribution in [0.4, 0.5) is 8.78 Å². The molecule has 0 saturated carbocycles. The maximum absolute atomic E-state index is 12.4. The average Bonchev–Trinajstić information content (AvgIpc) is 1.98. The number of ether oxygens (including phenoxy) is 2. The molecule has 0 spiro atoms. The van der Waals surface area contributed by atoms with Gasteiger partial charge in [-0.1, -0.05) is 0 Å². The maximum atomic E-state index is 12.4. The van der Waals surface area contributed by atoms with Gasteiger partial charge in [-0.2, -0.15) is 8.78 Å². The number of carboxylic acid groups (broad SMARTS) is 1. The third-order valence-corrected chi connectivity index (χ3v) is 0.986. The Morgan fingerprint density at radius 3 is 2.38 bits per heavy atom. The van der Waals surface area contributed by atoms with Gasteiger partial charge in [-0.05, 0) is 0 Å². The summed E-state index contributed by atoms with van der Waals surface area (Å²) in [7, 11) is 1.00. The average molecular weight is 198 g/mol. The van der Waals surface area contributed by atoms with Gasteiger partial charge in [0.05, 0.1) is 7.11 Å². The smallest absolute Gasteiger partial charge is 0.366 e. The van der Waals surface area contributed by atoms with Crippen molar-refractivity contribution >= 4 is 11.9 Å². The van der Waals surface area contributed by atoms with Crippen molar-refractivity contribution in [2.24, 2.45) is 0 Å². The second-order valence-corrected chi connectivity index (χ2v) is 2.07. The Morgan fingerprint density at radius 1 is 1.46 bits per heavy atom. The van der Waals surface area contributed by atoms with E-state index < -0.39 is 31.1 Å². The quantitative estimate of drug-likeness (QED) is 0.640. The zero-order chi connectivity index (χ0) is 10.5. The van der Waals surface area contributed by atoms with Crippen molar-refractivity contribution in [3.63, 3.8) is 0 Å². The van der Waals surface area contributed by atoms with Crippen LogP contribution in [0, 0.1) is 0 Å². The van der Waals surface area contributed by atoms with Crippen LogP contribution in [0.15, 0.2) is 0 Å². The highest BCUT2D eigenvalue weighted by atomic mass is 19.3. The van der Waals surface area contributed by atoms with Gasteiger partial charge < -0.3 is 14.6 Å². The third kappa shape index (κ3) is 5.97. The van der Waals surface area contributed by atoms with Crippen LogP contribution in [0.1, 0.15) is 6.42 Å². The van der Waals surface area contributed by atoms with E-state index in [2.05, 4.69) is 9.47 Å². The summed E-state index contributed by atoms with van der Waals surface area (Å²) in [5.74, 6) is -2.71. The summed E-state index contributed by atoms with van der Waals surface area (Å²) in [6.45, 7) is -0.975. The van der Waals surface area contributed by atoms with Gasteiger partial charge in [0, 0.05) is 0 Å². The summed E-state index contributed by atoms with van der Waals surface area (Å²) in [6.07, 6.45) is -5.33. The van der Waals surface area contributed by atoms with E-state index in [-0.39, 0.29) is 0 Å². The van der Waals surface area contributed by atoms with E-state index in [0.717, 1.165) is 7.11 Å². The molecule has 13 heavy (non-hydrogen) atoms. The molecule has 0 radical (unpaired) electrons. The Bertz CT molecular complexity index is 203. The molecular weight excluding hydrogens is 190 g/mol. The van der Waals surface area contributed by atoms with Crippen LogP contribution in [0.3, 0.4) is 0 Å². The largest absolute Gasteiger partial charge is 0.481 e. The molecule has 0 saturated heterocycles. The highest BCUT2D eigenvalue weighted by molar-refractivity contribution is 5.70. The van der Waals surface area contributed by atoms with Crippen molar-refractivity contribution in [2.45, 2.75) is 12.5 Å². The fraction of sp³-hybridized carbons (Fsp3) is 0.667. The molecule has 5 nitrogen and oxygen atoms in total. The highest BCUT2D eigenvalue weighted by Crippen LogP contribution is 2.19. The number of carbonyl (C=O) groups is 2. The highest BCUT2D eigenvalue weighted by Gasteiger charge is 2.34. The second kappa shape index (κ2) is 4.70. The predicted octanol–water partition coefficient (Wildman–Crippen LogP) is 0.243. The predicted molar refractivity (Wildman–Crippen MR) is 35.2 cm³/mol. The number of hydrogen-bond acceptors (Lipinski definition) is 4.